The number of carbonyl (C=O) groups is 2. The van der Waals surface area contributed by atoms with E-state index in [1.165, 1.54) is 0 Å². The third-order valence-electron chi connectivity index (χ3n) is 6.79. The number of primary amides is 1. The zero-order valence-electron chi connectivity index (χ0n) is 19.3. The number of hydrogen-bond acceptors (Lipinski definition) is 4. The second-order valence-electron chi connectivity index (χ2n) is 9.12. The first-order valence-corrected chi connectivity index (χ1v) is 11.9. The lowest BCUT2D eigenvalue weighted by molar-refractivity contribution is -0.127. The maximum Gasteiger partial charge on any atom is 0.248 e. The fourth-order valence-electron chi connectivity index (χ4n) is 4.67. The van der Waals surface area contributed by atoms with E-state index in [0.29, 0.717) is 24.4 Å². The summed E-state index contributed by atoms with van der Waals surface area (Å²) in [5, 5.41) is 3.29. The summed E-state index contributed by atoms with van der Waals surface area (Å²) in [4.78, 5) is 29.2. The highest BCUT2D eigenvalue weighted by Crippen LogP contribution is 2.30. The van der Waals surface area contributed by atoms with Crippen LogP contribution < -0.4 is 16.8 Å². The Bertz CT molecular complexity index is 1110. The quantitative estimate of drug-likeness (QED) is 0.475. The van der Waals surface area contributed by atoms with Crippen LogP contribution in [0, 0.1) is 11.8 Å². The fraction of sp³-hybridized carbons (Fsp3) is 0.321. The van der Waals surface area contributed by atoms with E-state index in [1.807, 2.05) is 42.5 Å². The first-order chi connectivity index (χ1) is 16.5. The highest BCUT2D eigenvalue weighted by molar-refractivity contribution is 5.93. The summed E-state index contributed by atoms with van der Waals surface area (Å²) in [6, 6.07) is 21.0. The van der Waals surface area contributed by atoms with Crippen molar-refractivity contribution in [3.05, 3.63) is 89.7 Å². The summed E-state index contributed by atoms with van der Waals surface area (Å²) >= 11 is 0. The molecule has 6 heteroatoms. The summed E-state index contributed by atoms with van der Waals surface area (Å²) < 4.78 is 0. The Balaban J connectivity index is 1.56. The molecule has 1 heterocycles. The van der Waals surface area contributed by atoms with Gasteiger partial charge in [-0.05, 0) is 85.5 Å². The predicted octanol–water partition coefficient (Wildman–Crippen LogP) is 4.01. The van der Waals surface area contributed by atoms with Gasteiger partial charge in [0.05, 0.1) is 11.7 Å². The largest absolute Gasteiger partial charge is 0.366 e. The number of amides is 2. The number of hydrogen-bond donors (Lipinski definition) is 3. The molecule has 1 aromatic heterocycles. The van der Waals surface area contributed by atoms with Crippen LogP contribution in [0.5, 0.6) is 0 Å². The zero-order chi connectivity index (χ0) is 23.9. The van der Waals surface area contributed by atoms with Crippen molar-refractivity contribution >= 4 is 11.8 Å². The molecule has 4 rings (SSSR count). The van der Waals surface area contributed by atoms with E-state index in [2.05, 4.69) is 22.4 Å². The molecule has 0 saturated heterocycles. The number of nitrogens with two attached hydrogens (primary N) is 2. The van der Waals surface area contributed by atoms with Crippen molar-refractivity contribution in [3.63, 3.8) is 0 Å². The van der Waals surface area contributed by atoms with E-state index in [9.17, 15) is 9.59 Å². The van der Waals surface area contributed by atoms with E-state index < -0.39 is 5.91 Å². The Morgan fingerprint density at radius 1 is 0.941 bits per heavy atom. The lowest BCUT2D eigenvalue weighted by Gasteiger charge is -2.28. The molecule has 0 bridgehead atoms. The van der Waals surface area contributed by atoms with Gasteiger partial charge in [-0.25, -0.2) is 0 Å². The predicted molar refractivity (Wildman–Crippen MR) is 134 cm³/mol. The average Bonchev–Trinajstić information content (AvgIpc) is 2.89. The van der Waals surface area contributed by atoms with Gasteiger partial charge in [0, 0.05) is 17.7 Å². The van der Waals surface area contributed by atoms with Crippen molar-refractivity contribution in [2.75, 3.05) is 6.54 Å². The van der Waals surface area contributed by atoms with Crippen molar-refractivity contribution < 1.29 is 9.59 Å². The molecule has 1 aliphatic rings. The Morgan fingerprint density at radius 3 is 2.29 bits per heavy atom. The minimum atomic E-state index is -0.451. The van der Waals surface area contributed by atoms with Crippen LogP contribution >= 0.6 is 0 Å². The van der Waals surface area contributed by atoms with Gasteiger partial charge in [-0.3, -0.25) is 14.6 Å². The number of pyridine rings is 1. The SMILES string of the molecule is NCC1CCC(C(=O)NC(Cc2ccccc2)c2cc(-c3ccc(C(N)=O)cc3)ccn2)CC1. The summed E-state index contributed by atoms with van der Waals surface area (Å²) in [6.45, 7) is 0.697. The van der Waals surface area contributed by atoms with Gasteiger partial charge in [-0.15, -0.1) is 0 Å². The molecule has 1 aliphatic carbocycles. The maximum absolute atomic E-state index is 13.2. The molecule has 5 N–H and O–H groups in total. The number of nitrogens with zero attached hydrogens (tertiary/aromatic N) is 1. The lowest BCUT2D eigenvalue weighted by Crippen LogP contribution is -2.37. The van der Waals surface area contributed by atoms with Crippen molar-refractivity contribution in [2.24, 2.45) is 23.3 Å². The van der Waals surface area contributed by atoms with Gasteiger partial charge in [0.1, 0.15) is 0 Å². The molecule has 176 valence electrons. The van der Waals surface area contributed by atoms with Gasteiger partial charge in [-0.2, -0.15) is 0 Å². The minimum absolute atomic E-state index is 0.0191. The highest BCUT2D eigenvalue weighted by Gasteiger charge is 2.28. The third kappa shape index (κ3) is 5.88. The van der Waals surface area contributed by atoms with Gasteiger partial charge >= 0.3 is 0 Å². The van der Waals surface area contributed by atoms with Crippen LogP contribution in [0.4, 0.5) is 0 Å². The Hall–Kier alpha value is -3.51. The molecule has 0 spiro atoms. The summed E-state index contributed by atoms with van der Waals surface area (Å²) in [7, 11) is 0. The van der Waals surface area contributed by atoms with Gasteiger partial charge in [0.15, 0.2) is 0 Å². The number of nitrogens with one attached hydrogen (secondary N) is 1. The Labute approximate surface area is 200 Å². The first-order valence-electron chi connectivity index (χ1n) is 11.9. The zero-order valence-corrected chi connectivity index (χ0v) is 19.3. The van der Waals surface area contributed by atoms with E-state index in [-0.39, 0.29) is 17.9 Å². The summed E-state index contributed by atoms with van der Waals surface area (Å²) in [6.07, 6.45) is 6.20. The smallest absolute Gasteiger partial charge is 0.248 e. The van der Waals surface area contributed by atoms with E-state index in [1.54, 1.807) is 18.3 Å². The molecule has 1 fully saturated rings. The number of carbonyl (C=O) groups excluding carboxylic acids is 2. The van der Waals surface area contributed by atoms with Gasteiger partial charge in [0.2, 0.25) is 11.8 Å². The molecule has 0 radical (unpaired) electrons. The van der Waals surface area contributed by atoms with E-state index >= 15 is 0 Å². The Kier molecular flexibility index (Phi) is 7.70. The van der Waals surface area contributed by atoms with Crippen LogP contribution in [0.2, 0.25) is 0 Å². The monoisotopic (exact) mass is 456 g/mol. The lowest BCUT2D eigenvalue weighted by atomic mass is 9.81. The number of rotatable bonds is 8. The second kappa shape index (κ2) is 11.1. The molecule has 1 atom stereocenters. The van der Waals surface area contributed by atoms with Crippen LogP contribution in [0.3, 0.4) is 0 Å². The van der Waals surface area contributed by atoms with Crippen molar-refractivity contribution in [1.29, 1.82) is 0 Å². The van der Waals surface area contributed by atoms with Crippen LogP contribution in [0.25, 0.3) is 11.1 Å². The second-order valence-corrected chi connectivity index (χ2v) is 9.12. The minimum Gasteiger partial charge on any atom is -0.366 e. The third-order valence-corrected chi connectivity index (χ3v) is 6.79. The molecular formula is C28H32N4O2. The average molecular weight is 457 g/mol. The van der Waals surface area contributed by atoms with Gasteiger partial charge in [-0.1, -0.05) is 42.5 Å². The van der Waals surface area contributed by atoms with Crippen molar-refractivity contribution in [3.8, 4) is 11.1 Å². The molecule has 1 saturated carbocycles. The van der Waals surface area contributed by atoms with Gasteiger partial charge in [0.25, 0.3) is 0 Å². The molecule has 2 amide bonds. The van der Waals surface area contributed by atoms with Crippen molar-refractivity contribution in [1.82, 2.24) is 10.3 Å². The van der Waals surface area contributed by atoms with Crippen LogP contribution in [-0.4, -0.2) is 23.3 Å². The summed E-state index contributed by atoms with van der Waals surface area (Å²) in [5.41, 5.74) is 15.5. The van der Waals surface area contributed by atoms with Gasteiger partial charge < -0.3 is 16.8 Å². The van der Waals surface area contributed by atoms with E-state index in [4.69, 9.17) is 11.5 Å². The van der Waals surface area contributed by atoms with Crippen LogP contribution in [-0.2, 0) is 11.2 Å². The van der Waals surface area contributed by atoms with Crippen LogP contribution in [0.15, 0.2) is 72.9 Å². The molecule has 3 aromatic rings. The fourth-order valence-corrected chi connectivity index (χ4v) is 4.67. The number of aromatic nitrogens is 1. The maximum atomic E-state index is 13.2. The molecule has 2 aromatic carbocycles. The highest BCUT2D eigenvalue weighted by atomic mass is 16.2. The first kappa shape index (κ1) is 23.6. The normalized spacial score (nSPS) is 18.7. The Morgan fingerprint density at radius 2 is 1.65 bits per heavy atom. The summed E-state index contributed by atoms with van der Waals surface area (Å²) in [5.74, 6) is 0.191. The topological polar surface area (TPSA) is 111 Å². The standard InChI is InChI=1S/C28H32N4O2/c29-18-20-6-8-23(9-7-20)28(34)32-26(16-19-4-2-1-3-5-19)25-17-24(14-15-31-25)21-10-12-22(13-11-21)27(30)33/h1-5,10-15,17,20,23,26H,6-9,16,18,29H2,(H2,30,33)(H,32,34). The van der Waals surface area contributed by atoms with Crippen LogP contribution in [0.1, 0.15) is 53.3 Å². The molecule has 6 nitrogen and oxygen atoms in total. The number of benzene rings is 2. The van der Waals surface area contributed by atoms with Crippen molar-refractivity contribution in [2.45, 2.75) is 38.1 Å². The molecule has 34 heavy (non-hydrogen) atoms. The van der Waals surface area contributed by atoms with E-state index in [0.717, 1.165) is 48.1 Å². The molecule has 0 aliphatic heterocycles. The molecular weight excluding hydrogens is 424 g/mol. The molecule has 1 unspecified atom stereocenters.